The standard InChI is InChI=1S/C12H19NOS/c1-9(8-10-4-3-7-15-10)13-11-5-2-6-12(11)14/h3-4,7,9,11-14H,2,5-6,8H2,1H3/t9?,11-,12-/m1/s1. The highest BCUT2D eigenvalue weighted by Gasteiger charge is 2.25. The van der Waals surface area contributed by atoms with E-state index in [2.05, 4.69) is 29.8 Å². The average Bonchev–Trinajstić information content (AvgIpc) is 2.79. The van der Waals surface area contributed by atoms with Crippen molar-refractivity contribution in [2.24, 2.45) is 0 Å². The van der Waals surface area contributed by atoms with Gasteiger partial charge in [0.2, 0.25) is 0 Å². The monoisotopic (exact) mass is 225 g/mol. The van der Waals surface area contributed by atoms with Gasteiger partial charge in [-0.15, -0.1) is 11.3 Å². The van der Waals surface area contributed by atoms with Crippen LogP contribution in [0.2, 0.25) is 0 Å². The first-order valence-electron chi connectivity index (χ1n) is 5.72. The SMILES string of the molecule is CC(Cc1cccs1)N[C@@H]1CCC[C@H]1O. The van der Waals surface area contributed by atoms with Crippen molar-refractivity contribution in [2.75, 3.05) is 0 Å². The maximum Gasteiger partial charge on any atom is 0.0693 e. The van der Waals surface area contributed by atoms with E-state index >= 15 is 0 Å². The molecule has 0 saturated heterocycles. The van der Waals surface area contributed by atoms with Crippen molar-refractivity contribution in [3.63, 3.8) is 0 Å². The van der Waals surface area contributed by atoms with Gasteiger partial charge in [0.05, 0.1) is 6.10 Å². The second kappa shape index (κ2) is 5.10. The van der Waals surface area contributed by atoms with E-state index in [1.807, 2.05) is 11.3 Å². The summed E-state index contributed by atoms with van der Waals surface area (Å²) in [4.78, 5) is 1.42. The van der Waals surface area contributed by atoms with Gasteiger partial charge in [-0.3, -0.25) is 0 Å². The molecular formula is C12H19NOS. The third kappa shape index (κ3) is 3.03. The van der Waals surface area contributed by atoms with E-state index in [9.17, 15) is 5.11 Å². The van der Waals surface area contributed by atoms with Gasteiger partial charge < -0.3 is 10.4 Å². The lowest BCUT2D eigenvalue weighted by molar-refractivity contribution is 0.144. The zero-order valence-corrected chi connectivity index (χ0v) is 9.96. The highest BCUT2D eigenvalue weighted by atomic mass is 32.1. The molecule has 0 spiro atoms. The molecular weight excluding hydrogens is 206 g/mol. The normalized spacial score (nSPS) is 28.1. The molecule has 0 radical (unpaired) electrons. The maximum atomic E-state index is 9.70. The van der Waals surface area contributed by atoms with Gasteiger partial charge in [0, 0.05) is 17.0 Å². The molecule has 1 aromatic heterocycles. The largest absolute Gasteiger partial charge is 0.392 e. The molecule has 1 saturated carbocycles. The number of nitrogens with one attached hydrogen (secondary N) is 1. The molecule has 0 aromatic carbocycles. The smallest absolute Gasteiger partial charge is 0.0693 e. The van der Waals surface area contributed by atoms with Crippen LogP contribution in [0.3, 0.4) is 0 Å². The summed E-state index contributed by atoms with van der Waals surface area (Å²) in [7, 11) is 0. The van der Waals surface area contributed by atoms with Gasteiger partial charge in [-0.05, 0) is 44.1 Å². The first kappa shape index (κ1) is 11.1. The van der Waals surface area contributed by atoms with Crippen molar-refractivity contribution in [3.8, 4) is 0 Å². The Labute approximate surface area is 95.3 Å². The number of thiophene rings is 1. The van der Waals surface area contributed by atoms with Crippen LogP contribution in [0.1, 0.15) is 31.1 Å². The van der Waals surface area contributed by atoms with Gasteiger partial charge in [0.15, 0.2) is 0 Å². The molecule has 2 N–H and O–H groups in total. The molecule has 3 atom stereocenters. The minimum Gasteiger partial charge on any atom is -0.392 e. The van der Waals surface area contributed by atoms with Crippen LogP contribution in [0, 0.1) is 0 Å². The van der Waals surface area contributed by atoms with E-state index in [1.165, 1.54) is 4.88 Å². The zero-order chi connectivity index (χ0) is 10.7. The number of rotatable bonds is 4. The van der Waals surface area contributed by atoms with Gasteiger partial charge in [-0.25, -0.2) is 0 Å². The summed E-state index contributed by atoms with van der Waals surface area (Å²) in [6, 6.07) is 5.05. The van der Waals surface area contributed by atoms with Gasteiger partial charge in [-0.2, -0.15) is 0 Å². The predicted molar refractivity (Wildman–Crippen MR) is 64.3 cm³/mol. The van der Waals surface area contributed by atoms with E-state index < -0.39 is 0 Å². The molecule has 1 aliphatic carbocycles. The van der Waals surface area contributed by atoms with Crippen LogP contribution in [0.5, 0.6) is 0 Å². The molecule has 15 heavy (non-hydrogen) atoms. The summed E-state index contributed by atoms with van der Waals surface area (Å²) in [5, 5.41) is 15.3. The highest BCUT2D eigenvalue weighted by molar-refractivity contribution is 7.09. The van der Waals surface area contributed by atoms with Crippen molar-refractivity contribution in [1.29, 1.82) is 0 Å². The Balaban J connectivity index is 1.79. The highest BCUT2D eigenvalue weighted by Crippen LogP contribution is 2.20. The third-order valence-corrected chi connectivity index (χ3v) is 3.96. The van der Waals surface area contributed by atoms with Gasteiger partial charge in [-0.1, -0.05) is 6.07 Å². The van der Waals surface area contributed by atoms with Crippen molar-refractivity contribution < 1.29 is 5.11 Å². The zero-order valence-electron chi connectivity index (χ0n) is 9.15. The van der Waals surface area contributed by atoms with Crippen LogP contribution in [0.15, 0.2) is 17.5 Å². The Bertz CT molecular complexity index is 286. The summed E-state index contributed by atoms with van der Waals surface area (Å²) < 4.78 is 0. The van der Waals surface area contributed by atoms with Gasteiger partial charge in [0.1, 0.15) is 0 Å². The molecule has 1 aromatic rings. The fourth-order valence-corrected chi connectivity index (χ4v) is 3.13. The number of hydrogen-bond donors (Lipinski definition) is 2. The van der Waals surface area contributed by atoms with Crippen LogP contribution < -0.4 is 5.32 Å². The molecule has 1 fully saturated rings. The maximum absolute atomic E-state index is 9.70. The Morgan fingerprint density at radius 1 is 1.60 bits per heavy atom. The minimum atomic E-state index is -0.129. The minimum absolute atomic E-state index is 0.129. The topological polar surface area (TPSA) is 32.3 Å². The fraction of sp³-hybridized carbons (Fsp3) is 0.667. The molecule has 0 bridgehead atoms. The van der Waals surface area contributed by atoms with Crippen molar-refractivity contribution >= 4 is 11.3 Å². The van der Waals surface area contributed by atoms with E-state index in [-0.39, 0.29) is 6.10 Å². The Morgan fingerprint density at radius 3 is 3.07 bits per heavy atom. The number of hydrogen-bond acceptors (Lipinski definition) is 3. The quantitative estimate of drug-likeness (QED) is 0.823. The van der Waals surface area contributed by atoms with E-state index in [4.69, 9.17) is 0 Å². The molecule has 1 unspecified atom stereocenters. The number of aliphatic hydroxyl groups excluding tert-OH is 1. The summed E-state index contributed by atoms with van der Waals surface area (Å²) in [6.45, 7) is 2.20. The first-order chi connectivity index (χ1) is 7.25. The molecule has 2 nitrogen and oxygen atoms in total. The van der Waals surface area contributed by atoms with Gasteiger partial charge >= 0.3 is 0 Å². The van der Waals surface area contributed by atoms with Crippen LogP contribution in [-0.4, -0.2) is 23.3 Å². The van der Waals surface area contributed by atoms with Crippen LogP contribution in [-0.2, 0) is 6.42 Å². The summed E-state index contributed by atoms with van der Waals surface area (Å²) in [5.41, 5.74) is 0. The molecule has 2 rings (SSSR count). The Hall–Kier alpha value is -0.380. The summed E-state index contributed by atoms with van der Waals surface area (Å²) >= 11 is 1.81. The molecule has 0 aliphatic heterocycles. The molecule has 1 heterocycles. The van der Waals surface area contributed by atoms with Crippen molar-refractivity contribution in [3.05, 3.63) is 22.4 Å². The third-order valence-electron chi connectivity index (χ3n) is 3.07. The molecule has 84 valence electrons. The second-order valence-corrected chi connectivity index (χ2v) is 5.49. The average molecular weight is 225 g/mol. The van der Waals surface area contributed by atoms with Crippen LogP contribution in [0.4, 0.5) is 0 Å². The fourth-order valence-electron chi connectivity index (χ4n) is 2.29. The molecule has 0 amide bonds. The second-order valence-electron chi connectivity index (χ2n) is 4.46. The van der Waals surface area contributed by atoms with Crippen molar-refractivity contribution in [2.45, 2.75) is 50.8 Å². The van der Waals surface area contributed by atoms with E-state index in [0.717, 1.165) is 25.7 Å². The van der Waals surface area contributed by atoms with Crippen LogP contribution >= 0.6 is 11.3 Å². The molecule has 1 aliphatic rings. The molecule has 3 heteroatoms. The van der Waals surface area contributed by atoms with Crippen molar-refractivity contribution in [1.82, 2.24) is 5.32 Å². The van der Waals surface area contributed by atoms with E-state index in [0.29, 0.717) is 12.1 Å². The van der Waals surface area contributed by atoms with Gasteiger partial charge in [0.25, 0.3) is 0 Å². The number of aliphatic hydroxyl groups is 1. The lowest BCUT2D eigenvalue weighted by Crippen LogP contribution is -2.42. The summed E-state index contributed by atoms with van der Waals surface area (Å²) in [5.74, 6) is 0. The predicted octanol–water partition coefficient (Wildman–Crippen LogP) is 2.18. The lowest BCUT2D eigenvalue weighted by Gasteiger charge is -2.21. The Morgan fingerprint density at radius 2 is 2.47 bits per heavy atom. The van der Waals surface area contributed by atoms with E-state index in [1.54, 1.807) is 0 Å². The van der Waals surface area contributed by atoms with Crippen LogP contribution in [0.25, 0.3) is 0 Å². The first-order valence-corrected chi connectivity index (χ1v) is 6.60. The Kier molecular flexibility index (Phi) is 3.78. The lowest BCUT2D eigenvalue weighted by atomic mass is 10.1. The summed E-state index contributed by atoms with van der Waals surface area (Å²) in [6.07, 6.45) is 4.18.